The Labute approximate surface area is 119 Å². The van der Waals surface area contributed by atoms with Gasteiger partial charge in [0.1, 0.15) is 11.3 Å². The van der Waals surface area contributed by atoms with Crippen LogP contribution in [0.5, 0.6) is 0 Å². The maximum absolute atomic E-state index is 6.30. The van der Waals surface area contributed by atoms with Crippen LogP contribution in [0.2, 0.25) is 0 Å². The Balaban J connectivity index is 2.11. The van der Waals surface area contributed by atoms with Gasteiger partial charge in [-0.25, -0.2) is 9.97 Å². The second kappa shape index (κ2) is 4.48. The summed E-state index contributed by atoms with van der Waals surface area (Å²) in [6.45, 7) is 7.30. The Hall–Kier alpha value is -1.09. The van der Waals surface area contributed by atoms with Crippen LogP contribution in [0.15, 0.2) is 12.3 Å². The van der Waals surface area contributed by atoms with Gasteiger partial charge in [0, 0.05) is 12.7 Å². The molecule has 0 bridgehead atoms. The van der Waals surface area contributed by atoms with Gasteiger partial charge in [-0.3, -0.25) is 0 Å². The van der Waals surface area contributed by atoms with Crippen molar-refractivity contribution in [3.63, 3.8) is 0 Å². The van der Waals surface area contributed by atoms with Crippen LogP contribution < -0.4 is 0 Å². The summed E-state index contributed by atoms with van der Waals surface area (Å²) in [5, 5.41) is -0.0813. The molecule has 0 aliphatic heterocycles. The first kappa shape index (κ1) is 12.9. The fourth-order valence-electron chi connectivity index (χ4n) is 2.72. The average molecular weight is 278 g/mol. The highest BCUT2D eigenvalue weighted by molar-refractivity contribution is 6.20. The second-order valence-corrected chi connectivity index (χ2v) is 6.54. The standard InChI is InChI=1S/C15H20ClN3/c1-4-15(5-6-15)9-19-13(11(3)16)18-12-7-10(2)8-17-14(12)19/h7-8,11H,4-6,9H2,1-3H3. The molecule has 0 spiro atoms. The molecule has 1 aliphatic rings. The minimum atomic E-state index is -0.0813. The number of aryl methyl sites for hydroxylation is 1. The molecular formula is C15H20ClN3. The molecule has 4 heteroatoms. The van der Waals surface area contributed by atoms with Gasteiger partial charge in [-0.15, -0.1) is 11.6 Å². The van der Waals surface area contributed by atoms with Crippen LogP contribution in [0, 0.1) is 12.3 Å². The fourth-order valence-corrected chi connectivity index (χ4v) is 2.89. The van der Waals surface area contributed by atoms with E-state index < -0.39 is 0 Å². The SMILES string of the molecule is CCC1(Cn2c(C(C)Cl)nc3cc(C)cnc32)CC1. The van der Waals surface area contributed by atoms with Gasteiger partial charge in [-0.1, -0.05) is 6.92 Å². The molecule has 2 aromatic heterocycles. The van der Waals surface area contributed by atoms with E-state index in [9.17, 15) is 0 Å². The number of halogens is 1. The van der Waals surface area contributed by atoms with Gasteiger partial charge in [0.25, 0.3) is 0 Å². The zero-order valence-corrected chi connectivity index (χ0v) is 12.5. The van der Waals surface area contributed by atoms with E-state index in [1.807, 2.05) is 20.0 Å². The van der Waals surface area contributed by atoms with Gasteiger partial charge in [0.15, 0.2) is 5.65 Å². The molecular weight excluding hydrogens is 258 g/mol. The number of alkyl halides is 1. The number of nitrogens with zero attached hydrogens (tertiary/aromatic N) is 3. The summed E-state index contributed by atoms with van der Waals surface area (Å²) >= 11 is 6.30. The van der Waals surface area contributed by atoms with Gasteiger partial charge in [-0.2, -0.15) is 0 Å². The number of rotatable bonds is 4. The first-order valence-corrected chi connectivity index (χ1v) is 7.45. The molecule has 0 amide bonds. The Bertz CT molecular complexity index is 611. The summed E-state index contributed by atoms with van der Waals surface area (Å²) in [5.41, 5.74) is 3.55. The van der Waals surface area contributed by atoms with Crippen molar-refractivity contribution in [3.05, 3.63) is 23.7 Å². The van der Waals surface area contributed by atoms with E-state index in [0.29, 0.717) is 5.41 Å². The van der Waals surface area contributed by atoms with E-state index in [-0.39, 0.29) is 5.38 Å². The van der Waals surface area contributed by atoms with Gasteiger partial charge in [0.05, 0.1) is 5.38 Å². The number of imidazole rings is 1. The summed E-state index contributed by atoms with van der Waals surface area (Å²) in [6.07, 6.45) is 5.75. The van der Waals surface area contributed by atoms with Crippen molar-refractivity contribution in [1.82, 2.24) is 14.5 Å². The molecule has 3 rings (SSSR count). The smallest absolute Gasteiger partial charge is 0.160 e. The molecule has 0 N–H and O–H groups in total. The number of hydrogen-bond acceptors (Lipinski definition) is 2. The molecule has 102 valence electrons. The van der Waals surface area contributed by atoms with Crippen molar-refractivity contribution >= 4 is 22.8 Å². The lowest BCUT2D eigenvalue weighted by Crippen LogP contribution is -2.14. The molecule has 0 aromatic carbocycles. The van der Waals surface area contributed by atoms with Crippen LogP contribution in [-0.4, -0.2) is 14.5 Å². The molecule has 3 nitrogen and oxygen atoms in total. The van der Waals surface area contributed by atoms with E-state index in [1.54, 1.807) is 0 Å². The lowest BCUT2D eigenvalue weighted by atomic mass is 10.0. The van der Waals surface area contributed by atoms with Gasteiger partial charge in [-0.05, 0) is 50.2 Å². The zero-order valence-electron chi connectivity index (χ0n) is 11.8. The lowest BCUT2D eigenvalue weighted by Gasteiger charge is -2.16. The summed E-state index contributed by atoms with van der Waals surface area (Å²) < 4.78 is 2.24. The Morgan fingerprint density at radius 3 is 2.79 bits per heavy atom. The van der Waals surface area contributed by atoms with Crippen molar-refractivity contribution < 1.29 is 0 Å². The minimum Gasteiger partial charge on any atom is -0.311 e. The molecule has 0 radical (unpaired) electrons. The number of pyridine rings is 1. The first-order valence-electron chi connectivity index (χ1n) is 7.01. The summed E-state index contributed by atoms with van der Waals surface area (Å²) in [5.74, 6) is 0.953. The van der Waals surface area contributed by atoms with Crippen molar-refractivity contribution in [1.29, 1.82) is 0 Å². The number of fused-ring (bicyclic) bond motifs is 1. The highest BCUT2D eigenvalue weighted by atomic mass is 35.5. The Morgan fingerprint density at radius 1 is 1.47 bits per heavy atom. The second-order valence-electron chi connectivity index (χ2n) is 5.88. The average Bonchev–Trinajstić information content (AvgIpc) is 3.06. The van der Waals surface area contributed by atoms with E-state index in [4.69, 9.17) is 11.6 Å². The minimum absolute atomic E-state index is 0.0813. The maximum Gasteiger partial charge on any atom is 0.160 e. The molecule has 1 unspecified atom stereocenters. The molecule has 2 aromatic rings. The van der Waals surface area contributed by atoms with Crippen LogP contribution in [-0.2, 0) is 6.54 Å². The predicted molar refractivity (Wildman–Crippen MR) is 78.5 cm³/mol. The van der Waals surface area contributed by atoms with Gasteiger partial charge in [0.2, 0.25) is 0 Å². The van der Waals surface area contributed by atoms with Crippen molar-refractivity contribution in [3.8, 4) is 0 Å². The zero-order chi connectivity index (χ0) is 13.6. The summed E-state index contributed by atoms with van der Waals surface area (Å²) in [4.78, 5) is 9.26. The third-order valence-corrected chi connectivity index (χ3v) is 4.50. The Kier molecular flexibility index (Phi) is 3.05. The van der Waals surface area contributed by atoms with E-state index in [2.05, 4.69) is 27.5 Å². The van der Waals surface area contributed by atoms with Crippen LogP contribution in [0.3, 0.4) is 0 Å². The quantitative estimate of drug-likeness (QED) is 0.783. The first-order chi connectivity index (χ1) is 9.04. The summed E-state index contributed by atoms with van der Waals surface area (Å²) in [7, 11) is 0. The van der Waals surface area contributed by atoms with Crippen LogP contribution in [0.1, 0.15) is 49.9 Å². The molecule has 1 saturated carbocycles. The van der Waals surface area contributed by atoms with E-state index >= 15 is 0 Å². The van der Waals surface area contributed by atoms with Crippen molar-refractivity contribution in [2.75, 3.05) is 0 Å². The van der Waals surface area contributed by atoms with E-state index in [1.165, 1.54) is 19.3 Å². The fraction of sp³-hybridized carbons (Fsp3) is 0.600. The molecule has 2 heterocycles. The predicted octanol–water partition coefficient (Wildman–Crippen LogP) is 4.23. The molecule has 1 atom stereocenters. The highest BCUT2D eigenvalue weighted by Gasteiger charge is 2.41. The van der Waals surface area contributed by atoms with E-state index in [0.717, 1.165) is 29.1 Å². The molecule has 1 aliphatic carbocycles. The normalized spacial score (nSPS) is 18.7. The Morgan fingerprint density at radius 2 is 2.21 bits per heavy atom. The number of aromatic nitrogens is 3. The monoisotopic (exact) mass is 277 g/mol. The van der Waals surface area contributed by atoms with Crippen LogP contribution in [0.25, 0.3) is 11.2 Å². The largest absolute Gasteiger partial charge is 0.311 e. The lowest BCUT2D eigenvalue weighted by molar-refractivity contribution is 0.406. The maximum atomic E-state index is 6.30. The van der Waals surface area contributed by atoms with Crippen molar-refractivity contribution in [2.24, 2.45) is 5.41 Å². The third kappa shape index (κ3) is 2.25. The van der Waals surface area contributed by atoms with Crippen LogP contribution in [0.4, 0.5) is 0 Å². The van der Waals surface area contributed by atoms with Crippen molar-refractivity contribution in [2.45, 2.75) is 52.0 Å². The van der Waals surface area contributed by atoms with Crippen LogP contribution >= 0.6 is 11.6 Å². The topological polar surface area (TPSA) is 30.7 Å². The number of hydrogen-bond donors (Lipinski definition) is 0. The molecule has 0 saturated heterocycles. The summed E-state index contributed by atoms with van der Waals surface area (Å²) in [6, 6.07) is 2.09. The highest BCUT2D eigenvalue weighted by Crippen LogP contribution is 2.50. The van der Waals surface area contributed by atoms with Gasteiger partial charge >= 0.3 is 0 Å². The van der Waals surface area contributed by atoms with Gasteiger partial charge < -0.3 is 4.57 Å². The molecule has 1 fully saturated rings. The molecule has 19 heavy (non-hydrogen) atoms. The third-order valence-electron chi connectivity index (χ3n) is 4.31.